The van der Waals surface area contributed by atoms with E-state index in [1.54, 1.807) is 44.3 Å². The van der Waals surface area contributed by atoms with Crippen molar-refractivity contribution >= 4 is 30.0 Å². The summed E-state index contributed by atoms with van der Waals surface area (Å²) in [5, 5.41) is 9.91. The first kappa shape index (κ1) is 24.5. The molecule has 0 aliphatic heterocycles. The van der Waals surface area contributed by atoms with Gasteiger partial charge in [-0.2, -0.15) is 0 Å². The molecule has 0 spiro atoms. The summed E-state index contributed by atoms with van der Waals surface area (Å²) in [6.45, 7) is 5.51. The number of nitrogen functional groups attached to an aromatic ring is 1. The average Bonchev–Trinajstić information content (AvgIpc) is 2.73. The van der Waals surface area contributed by atoms with Crippen LogP contribution >= 0.6 is 0 Å². The van der Waals surface area contributed by atoms with E-state index in [0.29, 0.717) is 34.6 Å². The van der Waals surface area contributed by atoms with E-state index in [9.17, 15) is 4.79 Å². The summed E-state index contributed by atoms with van der Waals surface area (Å²) < 4.78 is 0. The number of hydrogen-bond acceptors (Lipinski definition) is 5. The van der Waals surface area contributed by atoms with Gasteiger partial charge in [0.15, 0.2) is 0 Å². The first-order chi connectivity index (χ1) is 14.4. The third kappa shape index (κ3) is 7.48. The molecule has 0 heterocycles. The second kappa shape index (κ2) is 12.8. The van der Waals surface area contributed by atoms with Gasteiger partial charge in [-0.15, -0.1) is 0 Å². The number of rotatable bonds is 10. The molecule has 0 aromatic heterocycles. The van der Waals surface area contributed by atoms with E-state index < -0.39 is 6.04 Å². The predicted molar refractivity (Wildman–Crippen MR) is 125 cm³/mol. The fourth-order valence-electron chi connectivity index (χ4n) is 2.58. The Bertz CT molecular complexity index is 895. The van der Waals surface area contributed by atoms with Crippen molar-refractivity contribution in [3.05, 3.63) is 65.0 Å². The van der Waals surface area contributed by atoms with Crippen LogP contribution in [0.25, 0.3) is 0 Å². The Labute approximate surface area is 177 Å². The summed E-state index contributed by atoms with van der Waals surface area (Å²) in [6, 6.07) is 4.78. The van der Waals surface area contributed by atoms with Crippen molar-refractivity contribution in [2.75, 3.05) is 5.73 Å². The van der Waals surface area contributed by atoms with E-state index in [1.807, 2.05) is 25.2 Å². The molecule has 1 unspecified atom stereocenters. The third-order valence-electron chi connectivity index (χ3n) is 4.14. The van der Waals surface area contributed by atoms with Gasteiger partial charge in [-0.05, 0) is 56.5 Å². The highest BCUT2D eigenvalue weighted by Crippen LogP contribution is 2.23. The summed E-state index contributed by atoms with van der Waals surface area (Å²) in [7, 11) is 0. The van der Waals surface area contributed by atoms with Gasteiger partial charge in [0.2, 0.25) is 0 Å². The maximum Gasteiger partial charge on any atom is 0.273 e. The zero-order valence-corrected chi connectivity index (χ0v) is 17.7. The number of hydrogen-bond donors (Lipinski definition) is 5. The van der Waals surface area contributed by atoms with Crippen LogP contribution in [0.4, 0.5) is 5.69 Å². The Hall–Kier alpha value is -3.52. The van der Waals surface area contributed by atoms with E-state index in [0.717, 1.165) is 12.8 Å². The van der Waals surface area contributed by atoms with Crippen LogP contribution in [0.15, 0.2) is 63.9 Å². The highest BCUT2D eigenvalue weighted by Gasteiger charge is 2.12. The quantitative estimate of drug-likeness (QED) is 0.132. The van der Waals surface area contributed by atoms with Crippen LogP contribution in [0.3, 0.4) is 0 Å². The van der Waals surface area contributed by atoms with Crippen LogP contribution in [0, 0.1) is 5.41 Å². The molecule has 1 atom stereocenters. The smallest absolute Gasteiger partial charge is 0.273 e. The van der Waals surface area contributed by atoms with Crippen LogP contribution in [-0.4, -0.2) is 24.3 Å². The summed E-state index contributed by atoms with van der Waals surface area (Å²) in [5.74, 6) is -0.0866. The van der Waals surface area contributed by atoms with Crippen LogP contribution < -0.4 is 22.5 Å². The number of amidine groups is 1. The number of anilines is 1. The van der Waals surface area contributed by atoms with Crippen molar-refractivity contribution in [3.8, 4) is 0 Å². The zero-order chi connectivity index (χ0) is 22.5. The number of benzene rings is 1. The first-order valence-electron chi connectivity index (χ1n) is 9.68. The largest absolute Gasteiger partial charge is 0.398 e. The minimum Gasteiger partial charge on any atom is -0.398 e. The van der Waals surface area contributed by atoms with Gasteiger partial charge in [-0.1, -0.05) is 25.2 Å². The molecule has 1 amide bonds. The van der Waals surface area contributed by atoms with Gasteiger partial charge in [0, 0.05) is 29.2 Å². The molecule has 8 N–H and O–H groups in total. The molecular formula is C22H31N7O. The molecule has 8 heteroatoms. The van der Waals surface area contributed by atoms with Gasteiger partial charge in [0.25, 0.3) is 5.91 Å². The monoisotopic (exact) mass is 409 g/mol. The highest BCUT2D eigenvalue weighted by atomic mass is 16.2. The molecule has 0 saturated carbocycles. The van der Waals surface area contributed by atoms with Gasteiger partial charge in [0.1, 0.15) is 17.9 Å². The molecule has 30 heavy (non-hydrogen) atoms. The van der Waals surface area contributed by atoms with Crippen molar-refractivity contribution in [2.45, 2.75) is 39.7 Å². The number of nitrogens with two attached hydrogens (primary N) is 3. The fourth-order valence-corrected chi connectivity index (χ4v) is 2.58. The number of nitrogens with zero attached hydrogens (tertiary/aromatic N) is 2. The second-order valence-electron chi connectivity index (χ2n) is 6.31. The van der Waals surface area contributed by atoms with Crippen LogP contribution in [0.1, 0.15) is 50.8 Å². The van der Waals surface area contributed by atoms with Gasteiger partial charge < -0.3 is 22.5 Å². The number of carbonyl (C=O) groups is 1. The Morgan fingerprint density at radius 2 is 2.07 bits per heavy atom. The molecule has 1 rings (SSSR count). The van der Waals surface area contributed by atoms with Crippen molar-refractivity contribution in [2.24, 2.45) is 21.5 Å². The van der Waals surface area contributed by atoms with Crippen molar-refractivity contribution in [1.82, 2.24) is 5.32 Å². The van der Waals surface area contributed by atoms with Crippen molar-refractivity contribution in [3.63, 3.8) is 0 Å². The standard InChI is InChI=1S/C22H31N7O/c1-4-7-8-16(29-22(30)20(5-2)27-6-3)10-12-19(25)17-13-15(9-11-18(17)24)21(26)28-14-23/h5-11,13-14,19H,4,12,24-25H2,1-3H3,(H,29,30)(H3,23,26,28)/b8-7-,16-10+,20-5-,27-6?. The Morgan fingerprint density at radius 1 is 1.33 bits per heavy atom. The highest BCUT2D eigenvalue weighted by molar-refractivity contribution is 6.01. The normalized spacial score (nSPS) is 14.3. The van der Waals surface area contributed by atoms with E-state index >= 15 is 0 Å². The van der Waals surface area contributed by atoms with Crippen molar-refractivity contribution < 1.29 is 4.79 Å². The number of allylic oxidation sites excluding steroid dienone is 3. The van der Waals surface area contributed by atoms with E-state index in [4.69, 9.17) is 22.6 Å². The van der Waals surface area contributed by atoms with Crippen LogP contribution in [-0.2, 0) is 4.79 Å². The molecular weight excluding hydrogens is 378 g/mol. The van der Waals surface area contributed by atoms with E-state index in [1.165, 1.54) is 0 Å². The molecule has 0 fully saturated rings. The predicted octanol–water partition coefficient (Wildman–Crippen LogP) is 2.93. The van der Waals surface area contributed by atoms with E-state index in [2.05, 4.69) is 15.3 Å². The molecule has 8 nitrogen and oxygen atoms in total. The molecule has 0 saturated heterocycles. The van der Waals surface area contributed by atoms with Gasteiger partial charge in [-0.3, -0.25) is 15.2 Å². The molecule has 0 aliphatic carbocycles. The Morgan fingerprint density at radius 3 is 2.67 bits per heavy atom. The first-order valence-corrected chi connectivity index (χ1v) is 9.68. The number of carbonyl (C=O) groups excluding carboxylic acids is 1. The molecule has 0 aliphatic rings. The average molecular weight is 410 g/mol. The molecule has 1 aromatic rings. The molecule has 0 radical (unpaired) electrons. The molecule has 1 aromatic carbocycles. The van der Waals surface area contributed by atoms with Gasteiger partial charge in [-0.25, -0.2) is 4.99 Å². The molecule has 0 bridgehead atoms. The van der Waals surface area contributed by atoms with Crippen molar-refractivity contribution in [1.29, 1.82) is 5.41 Å². The van der Waals surface area contributed by atoms with Crippen LogP contribution in [0.5, 0.6) is 0 Å². The lowest BCUT2D eigenvalue weighted by atomic mass is 9.99. The lowest BCUT2D eigenvalue weighted by molar-refractivity contribution is -0.116. The maximum atomic E-state index is 12.4. The summed E-state index contributed by atoms with van der Waals surface area (Å²) >= 11 is 0. The summed E-state index contributed by atoms with van der Waals surface area (Å²) in [4.78, 5) is 20.3. The van der Waals surface area contributed by atoms with Gasteiger partial charge >= 0.3 is 0 Å². The van der Waals surface area contributed by atoms with Gasteiger partial charge in [0.05, 0.1) is 0 Å². The zero-order valence-electron chi connectivity index (χ0n) is 17.7. The molecule has 160 valence electrons. The summed E-state index contributed by atoms with van der Waals surface area (Å²) in [6.07, 6.45) is 11.0. The lowest BCUT2D eigenvalue weighted by Crippen LogP contribution is -2.23. The maximum absolute atomic E-state index is 12.4. The minimum absolute atomic E-state index is 0.211. The number of aliphatic imine (C=N–C) groups is 2. The lowest BCUT2D eigenvalue weighted by Gasteiger charge is -2.15. The second-order valence-corrected chi connectivity index (χ2v) is 6.31. The fraction of sp³-hybridized carbons (Fsp3) is 0.273. The van der Waals surface area contributed by atoms with E-state index in [-0.39, 0.29) is 11.7 Å². The minimum atomic E-state index is -0.422. The topological polar surface area (TPSA) is 156 Å². The Balaban J connectivity index is 3.10. The Kier molecular flexibility index (Phi) is 10.5. The number of amides is 1. The SMILES string of the molecule is CC=N/C(=C\C)C(=O)NC(/C=C\CC)=C/CC(N)c1cc(C(N)=NC=N)ccc1N. The third-order valence-corrected chi connectivity index (χ3v) is 4.14. The van der Waals surface area contributed by atoms with Crippen LogP contribution in [0.2, 0.25) is 0 Å². The summed E-state index contributed by atoms with van der Waals surface area (Å²) in [5.41, 5.74) is 21.1. The number of nitrogens with one attached hydrogen (secondary N) is 2.